The molecule has 6 nitrogen and oxygen atoms in total. The number of carbonyl (C=O) groups is 2. The highest BCUT2D eigenvalue weighted by Gasteiger charge is 2.19. The van der Waals surface area contributed by atoms with Crippen molar-refractivity contribution in [3.05, 3.63) is 0 Å². The van der Waals surface area contributed by atoms with Crippen LogP contribution in [-0.4, -0.2) is 42.4 Å². The first kappa shape index (κ1) is 12.1. The Morgan fingerprint density at radius 1 is 1.38 bits per heavy atom. The molecule has 1 unspecified atom stereocenters. The summed E-state index contributed by atoms with van der Waals surface area (Å²) in [4.78, 5) is 20.4. The van der Waals surface area contributed by atoms with Crippen molar-refractivity contribution in [2.45, 2.75) is 6.04 Å². The van der Waals surface area contributed by atoms with Crippen molar-refractivity contribution >= 4 is 39.2 Å². The van der Waals surface area contributed by atoms with Gasteiger partial charge in [-0.15, -0.1) is 11.8 Å². The molecule has 0 rings (SSSR count). The van der Waals surface area contributed by atoms with Crippen LogP contribution in [0, 0.1) is 0 Å². The fourth-order valence-electron chi connectivity index (χ4n) is 0.399. The van der Waals surface area contributed by atoms with Gasteiger partial charge < -0.3 is 15.9 Å². The van der Waals surface area contributed by atoms with E-state index in [-0.39, 0.29) is 21.2 Å². The minimum absolute atomic E-state index is 0.0912. The molecule has 0 saturated heterocycles. The summed E-state index contributed by atoms with van der Waals surface area (Å²) in [7, 11) is 0. The molecule has 0 aliphatic carbocycles. The molecule has 0 aromatic heterocycles. The van der Waals surface area contributed by atoms with E-state index in [0.717, 1.165) is 0 Å². The first-order valence-electron chi connectivity index (χ1n) is 2.98. The Bertz CT molecular complexity index is 272. The summed E-state index contributed by atoms with van der Waals surface area (Å²) < 4.78 is 10.2. The van der Waals surface area contributed by atoms with Gasteiger partial charge >= 0.3 is 11.9 Å². The molecule has 0 aromatic carbocycles. The molecule has 0 amide bonds. The van der Waals surface area contributed by atoms with E-state index in [1.807, 2.05) is 0 Å². The summed E-state index contributed by atoms with van der Waals surface area (Å²) >= 11 is 0.537. The molecular weight excluding hydrogens is 218 g/mol. The predicted octanol–water partition coefficient (Wildman–Crippen LogP) is -1.44. The van der Waals surface area contributed by atoms with Gasteiger partial charge in [0, 0.05) is 0 Å². The minimum Gasteiger partial charge on any atom is -0.481 e. The second-order valence-electron chi connectivity index (χ2n) is 1.90. The number of thioether (sulfide) groups is 1. The standard InChI is InChI=1S/C5H7NO5S2/c6-3(4(9)10)5(13-11)12-1-2(7)8/h3H,1,6H2,(H,7,8)(H,9,10). The molecule has 0 spiro atoms. The quantitative estimate of drug-likeness (QED) is 0.501. The number of aliphatic carboxylic acids is 2. The van der Waals surface area contributed by atoms with Crippen LogP contribution in [0.4, 0.5) is 0 Å². The molecule has 0 radical (unpaired) electrons. The second kappa shape index (κ2) is 5.73. The number of hydrogen-bond donors (Lipinski definition) is 3. The number of carboxylic acid groups (broad SMARTS) is 2. The SMILES string of the molecule is NC(C(=O)O)C(SCC(=O)O)=S=O. The molecule has 0 aromatic rings. The summed E-state index contributed by atoms with van der Waals surface area (Å²) in [5, 5.41) is 16.6. The smallest absolute Gasteiger partial charge is 0.326 e. The zero-order chi connectivity index (χ0) is 10.4. The Balaban J connectivity index is 4.29. The molecule has 0 aliphatic heterocycles. The van der Waals surface area contributed by atoms with E-state index in [0.29, 0.717) is 11.8 Å². The first-order valence-corrected chi connectivity index (χ1v) is 4.71. The molecular formula is C5H7NO5S2. The zero-order valence-electron chi connectivity index (χ0n) is 6.30. The van der Waals surface area contributed by atoms with E-state index in [2.05, 4.69) is 0 Å². The van der Waals surface area contributed by atoms with Gasteiger partial charge in [0.1, 0.15) is 21.5 Å². The highest BCUT2D eigenvalue weighted by atomic mass is 32.2. The lowest BCUT2D eigenvalue weighted by atomic mass is 10.4. The van der Waals surface area contributed by atoms with Crippen LogP contribution in [-0.2, 0) is 20.8 Å². The van der Waals surface area contributed by atoms with E-state index in [9.17, 15) is 13.8 Å². The van der Waals surface area contributed by atoms with Crippen LogP contribution in [0.2, 0.25) is 0 Å². The Hall–Kier alpha value is -0.860. The van der Waals surface area contributed by atoms with E-state index in [1.54, 1.807) is 0 Å². The van der Waals surface area contributed by atoms with Crippen molar-refractivity contribution in [2.24, 2.45) is 5.73 Å². The summed E-state index contributed by atoms with van der Waals surface area (Å²) in [6.07, 6.45) is 0. The predicted molar refractivity (Wildman–Crippen MR) is 48.9 cm³/mol. The molecule has 13 heavy (non-hydrogen) atoms. The highest BCUT2D eigenvalue weighted by molar-refractivity contribution is 8.21. The molecule has 0 fully saturated rings. The van der Waals surface area contributed by atoms with Crippen LogP contribution in [0.3, 0.4) is 0 Å². The van der Waals surface area contributed by atoms with Crippen molar-refractivity contribution < 1.29 is 24.0 Å². The van der Waals surface area contributed by atoms with Gasteiger partial charge in [0.25, 0.3) is 0 Å². The van der Waals surface area contributed by atoms with Crippen molar-refractivity contribution in [1.29, 1.82) is 0 Å². The summed E-state index contributed by atoms with van der Waals surface area (Å²) in [6, 6.07) is -1.42. The average Bonchev–Trinajstić information content (AvgIpc) is 2.04. The van der Waals surface area contributed by atoms with Gasteiger partial charge in [0.05, 0.1) is 5.75 Å². The summed E-state index contributed by atoms with van der Waals surface area (Å²) in [5.74, 6) is -2.85. The zero-order valence-corrected chi connectivity index (χ0v) is 7.93. The Morgan fingerprint density at radius 3 is 2.23 bits per heavy atom. The maximum absolute atomic E-state index is 10.3. The van der Waals surface area contributed by atoms with E-state index in [4.69, 9.17) is 15.9 Å². The number of rotatable bonds is 4. The van der Waals surface area contributed by atoms with E-state index < -0.39 is 18.0 Å². The van der Waals surface area contributed by atoms with Crippen molar-refractivity contribution in [3.8, 4) is 0 Å². The van der Waals surface area contributed by atoms with Crippen LogP contribution >= 0.6 is 11.8 Å². The normalized spacial score (nSPS) is 11.8. The molecule has 0 heterocycles. The number of nitrogens with two attached hydrogens (primary N) is 1. The van der Waals surface area contributed by atoms with Gasteiger partial charge in [-0.05, 0) is 0 Å². The van der Waals surface area contributed by atoms with E-state index >= 15 is 0 Å². The van der Waals surface area contributed by atoms with Crippen molar-refractivity contribution in [1.82, 2.24) is 0 Å². The molecule has 1 atom stereocenters. The lowest BCUT2D eigenvalue weighted by molar-refractivity contribution is -0.137. The summed E-state index contributed by atoms with van der Waals surface area (Å²) in [6.45, 7) is 0. The molecule has 4 N–H and O–H groups in total. The van der Waals surface area contributed by atoms with Gasteiger partial charge in [-0.2, -0.15) is 0 Å². The fourth-order valence-corrected chi connectivity index (χ4v) is 1.52. The largest absolute Gasteiger partial charge is 0.481 e. The third-order valence-corrected chi connectivity index (χ3v) is 2.85. The van der Waals surface area contributed by atoms with Crippen molar-refractivity contribution in [2.75, 3.05) is 5.75 Å². The number of carboxylic acids is 2. The van der Waals surface area contributed by atoms with Crippen LogP contribution in [0.5, 0.6) is 0 Å². The van der Waals surface area contributed by atoms with Crippen LogP contribution in [0.1, 0.15) is 0 Å². The lowest BCUT2D eigenvalue weighted by Gasteiger charge is -2.04. The van der Waals surface area contributed by atoms with Gasteiger partial charge in [-0.3, -0.25) is 9.59 Å². The maximum Gasteiger partial charge on any atom is 0.326 e. The fraction of sp³-hybridized carbons (Fsp3) is 0.400. The maximum atomic E-state index is 10.3. The van der Waals surface area contributed by atoms with Gasteiger partial charge in [-0.25, -0.2) is 4.21 Å². The van der Waals surface area contributed by atoms with Gasteiger partial charge in [0.2, 0.25) is 0 Å². The summed E-state index contributed by atoms with van der Waals surface area (Å²) in [5.41, 5.74) is 5.09. The Morgan fingerprint density at radius 2 is 1.92 bits per heavy atom. The van der Waals surface area contributed by atoms with Gasteiger partial charge in [0.15, 0.2) is 0 Å². The monoisotopic (exact) mass is 225 g/mol. The van der Waals surface area contributed by atoms with Crippen LogP contribution < -0.4 is 5.73 Å². The van der Waals surface area contributed by atoms with Gasteiger partial charge in [-0.1, -0.05) is 0 Å². The number of hydrogen-bond acceptors (Lipinski definition) is 5. The third kappa shape index (κ3) is 4.65. The Kier molecular flexibility index (Phi) is 5.35. The average molecular weight is 225 g/mol. The van der Waals surface area contributed by atoms with Crippen molar-refractivity contribution in [3.63, 3.8) is 0 Å². The third-order valence-electron chi connectivity index (χ3n) is 0.940. The molecule has 0 bridgehead atoms. The molecule has 0 saturated carbocycles. The molecule has 74 valence electrons. The van der Waals surface area contributed by atoms with Crippen LogP contribution in [0.15, 0.2) is 0 Å². The second-order valence-corrected chi connectivity index (χ2v) is 3.78. The first-order chi connectivity index (χ1) is 5.99. The Labute approximate surface area is 81.2 Å². The highest BCUT2D eigenvalue weighted by Crippen LogP contribution is 2.04. The minimum atomic E-state index is -1.42. The topological polar surface area (TPSA) is 118 Å². The lowest BCUT2D eigenvalue weighted by Crippen LogP contribution is -2.37. The molecule has 0 aliphatic rings. The molecule has 8 heteroatoms. The van der Waals surface area contributed by atoms with E-state index in [1.165, 1.54) is 0 Å². The van der Waals surface area contributed by atoms with Crippen LogP contribution in [0.25, 0.3) is 0 Å².